The van der Waals surface area contributed by atoms with Crippen LogP contribution in [0.3, 0.4) is 0 Å². The third kappa shape index (κ3) is 6.72. The molecule has 4 rings (SSSR count). The van der Waals surface area contributed by atoms with Gasteiger partial charge < -0.3 is 16.0 Å². The summed E-state index contributed by atoms with van der Waals surface area (Å²) in [6.07, 6.45) is 12.1. The van der Waals surface area contributed by atoms with E-state index in [-0.39, 0.29) is 18.4 Å². The van der Waals surface area contributed by atoms with Crippen LogP contribution in [0.5, 0.6) is 0 Å². The molecular formula is C22H30ClN5O2S. The number of aromatic nitrogens is 2. The van der Waals surface area contributed by atoms with E-state index in [2.05, 4.69) is 14.1 Å². The van der Waals surface area contributed by atoms with Gasteiger partial charge in [0.1, 0.15) is 11.7 Å². The summed E-state index contributed by atoms with van der Waals surface area (Å²) >= 11 is 7.21. The van der Waals surface area contributed by atoms with Crippen molar-refractivity contribution in [3.63, 3.8) is 0 Å². The summed E-state index contributed by atoms with van der Waals surface area (Å²) in [7, 11) is 0. The predicted octanol–water partition coefficient (Wildman–Crippen LogP) is 3.77. The molecule has 2 heterocycles. The van der Waals surface area contributed by atoms with Crippen LogP contribution >= 0.6 is 23.3 Å². The molecule has 168 valence electrons. The minimum Gasteiger partial charge on any atom is -0.350 e. The smallest absolute Gasteiger partial charge is 0.243 e. The highest BCUT2D eigenvalue weighted by Crippen LogP contribution is 2.26. The number of nitrogens with one attached hydrogen (secondary N) is 1. The summed E-state index contributed by atoms with van der Waals surface area (Å²) in [5.74, 6) is -0.378. The maximum Gasteiger partial charge on any atom is 0.243 e. The number of nitrogens with zero attached hydrogens (tertiary/aromatic N) is 3. The molecule has 0 spiro atoms. The molecule has 1 saturated carbocycles. The molecule has 0 unspecified atom stereocenters. The molecule has 3 N–H and O–H groups in total. The van der Waals surface area contributed by atoms with E-state index in [0.717, 1.165) is 35.0 Å². The number of amides is 2. The fraction of sp³-hybridized carbons (Fsp3) is 0.545. The van der Waals surface area contributed by atoms with Gasteiger partial charge in [-0.25, -0.2) is 0 Å². The molecule has 0 bridgehead atoms. The van der Waals surface area contributed by atoms with Crippen molar-refractivity contribution in [3.8, 4) is 11.3 Å². The van der Waals surface area contributed by atoms with Gasteiger partial charge in [0.2, 0.25) is 11.8 Å². The van der Waals surface area contributed by atoms with Gasteiger partial charge in [0.25, 0.3) is 0 Å². The van der Waals surface area contributed by atoms with Crippen molar-refractivity contribution in [1.29, 1.82) is 0 Å². The lowest BCUT2D eigenvalue weighted by Gasteiger charge is -2.23. The Kier molecular flexibility index (Phi) is 9.24. The number of carbonyl (C=O) groups is 2. The SMILES string of the molecule is C1CCCCC1.NCC(=O)N1CCC[C@H]1C(=O)NCc1cc(Cl)ccc1-c1cnsn1. The Hall–Kier alpha value is -2.03. The van der Waals surface area contributed by atoms with E-state index in [1.807, 2.05) is 6.07 Å². The Bertz CT molecular complexity index is 846. The zero-order valence-electron chi connectivity index (χ0n) is 17.7. The Morgan fingerprint density at radius 3 is 2.48 bits per heavy atom. The fourth-order valence-corrected chi connectivity index (χ4v) is 4.68. The molecule has 1 aliphatic heterocycles. The van der Waals surface area contributed by atoms with Gasteiger partial charge in [-0.05, 0) is 30.5 Å². The molecule has 0 radical (unpaired) electrons. The molecule has 7 nitrogen and oxygen atoms in total. The lowest BCUT2D eigenvalue weighted by atomic mass is 10.0. The Balaban J connectivity index is 0.000000391. The van der Waals surface area contributed by atoms with E-state index in [1.165, 1.54) is 38.5 Å². The van der Waals surface area contributed by atoms with Crippen LogP contribution in [0.15, 0.2) is 24.4 Å². The summed E-state index contributed by atoms with van der Waals surface area (Å²) < 4.78 is 8.25. The van der Waals surface area contributed by atoms with Gasteiger partial charge in [-0.3, -0.25) is 9.59 Å². The van der Waals surface area contributed by atoms with E-state index in [9.17, 15) is 9.59 Å². The van der Waals surface area contributed by atoms with Crippen LogP contribution in [-0.2, 0) is 16.1 Å². The molecule has 1 saturated heterocycles. The van der Waals surface area contributed by atoms with Crippen LogP contribution in [0.25, 0.3) is 11.3 Å². The summed E-state index contributed by atoms with van der Waals surface area (Å²) in [5.41, 5.74) is 7.89. The van der Waals surface area contributed by atoms with Gasteiger partial charge in [0.15, 0.2) is 0 Å². The van der Waals surface area contributed by atoms with Crippen LogP contribution in [-0.4, -0.2) is 44.6 Å². The second kappa shape index (κ2) is 12.1. The van der Waals surface area contributed by atoms with E-state index >= 15 is 0 Å². The zero-order valence-corrected chi connectivity index (χ0v) is 19.3. The average Bonchev–Trinajstić information content (AvgIpc) is 3.51. The van der Waals surface area contributed by atoms with Gasteiger partial charge in [-0.2, -0.15) is 8.75 Å². The first-order valence-corrected chi connectivity index (χ1v) is 12.0. The molecule has 31 heavy (non-hydrogen) atoms. The standard InChI is InChI=1S/C16H18ClN5O2S.C6H12/c17-11-3-4-12(13-9-20-25-21-13)10(6-11)8-19-16(24)14-2-1-5-22(14)15(23)7-18;1-2-4-6-5-3-1/h3-4,6,9,14H,1-2,5,7-8,18H2,(H,19,24);1-6H2/t14-;/m0./s1. The number of likely N-dealkylation sites (tertiary alicyclic amines) is 1. The molecule has 1 aromatic heterocycles. The normalized spacial score (nSPS) is 18.3. The van der Waals surface area contributed by atoms with Gasteiger partial charge in [0, 0.05) is 23.7 Å². The Morgan fingerprint density at radius 1 is 1.16 bits per heavy atom. The van der Waals surface area contributed by atoms with Crippen molar-refractivity contribution in [2.24, 2.45) is 5.73 Å². The third-order valence-corrected chi connectivity index (χ3v) is 6.42. The second-order valence-corrected chi connectivity index (χ2v) is 8.88. The molecule has 1 aliphatic carbocycles. The van der Waals surface area contributed by atoms with E-state index in [1.54, 1.807) is 23.2 Å². The largest absolute Gasteiger partial charge is 0.350 e. The fourth-order valence-electron chi connectivity index (χ4n) is 4.06. The van der Waals surface area contributed by atoms with Crippen LogP contribution in [0, 0.1) is 0 Å². The second-order valence-electron chi connectivity index (χ2n) is 7.88. The molecule has 1 atom stereocenters. The first-order valence-electron chi connectivity index (χ1n) is 10.9. The number of rotatable bonds is 5. The highest BCUT2D eigenvalue weighted by Gasteiger charge is 2.33. The van der Waals surface area contributed by atoms with Gasteiger partial charge in [-0.15, -0.1) is 0 Å². The van der Waals surface area contributed by atoms with Crippen molar-refractivity contribution in [2.45, 2.75) is 64.0 Å². The molecule has 2 aliphatic rings. The van der Waals surface area contributed by atoms with Crippen molar-refractivity contribution in [2.75, 3.05) is 13.1 Å². The molecule has 2 fully saturated rings. The van der Waals surface area contributed by atoms with Crippen molar-refractivity contribution >= 4 is 35.1 Å². The first-order chi connectivity index (χ1) is 15.1. The summed E-state index contributed by atoms with van der Waals surface area (Å²) in [6, 6.07) is 4.98. The van der Waals surface area contributed by atoms with Gasteiger partial charge >= 0.3 is 0 Å². The lowest BCUT2D eigenvalue weighted by molar-refractivity contribution is -0.137. The lowest BCUT2D eigenvalue weighted by Crippen LogP contribution is -2.47. The van der Waals surface area contributed by atoms with E-state index in [0.29, 0.717) is 24.5 Å². The van der Waals surface area contributed by atoms with Gasteiger partial charge in [-0.1, -0.05) is 56.2 Å². The maximum absolute atomic E-state index is 12.5. The van der Waals surface area contributed by atoms with Crippen molar-refractivity contribution in [1.82, 2.24) is 19.0 Å². The minimum atomic E-state index is -0.459. The number of hydrogen-bond acceptors (Lipinski definition) is 6. The monoisotopic (exact) mass is 463 g/mol. The number of benzene rings is 1. The quantitative estimate of drug-likeness (QED) is 0.702. The van der Waals surface area contributed by atoms with Crippen LogP contribution in [0.2, 0.25) is 5.02 Å². The van der Waals surface area contributed by atoms with Crippen molar-refractivity contribution < 1.29 is 9.59 Å². The summed E-state index contributed by atoms with van der Waals surface area (Å²) in [6.45, 7) is 0.785. The summed E-state index contributed by atoms with van der Waals surface area (Å²) in [5, 5.41) is 3.48. The third-order valence-electron chi connectivity index (χ3n) is 5.71. The number of carbonyl (C=O) groups excluding carboxylic acids is 2. The Morgan fingerprint density at radius 2 is 1.87 bits per heavy atom. The van der Waals surface area contributed by atoms with Crippen LogP contribution in [0.1, 0.15) is 56.9 Å². The van der Waals surface area contributed by atoms with Crippen LogP contribution in [0.4, 0.5) is 0 Å². The highest BCUT2D eigenvalue weighted by molar-refractivity contribution is 6.99. The summed E-state index contributed by atoms with van der Waals surface area (Å²) in [4.78, 5) is 25.9. The molecule has 2 amide bonds. The van der Waals surface area contributed by atoms with E-state index in [4.69, 9.17) is 17.3 Å². The molecule has 2 aromatic rings. The topological polar surface area (TPSA) is 101 Å². The molecule has 1 aromatic carbocycles. The van der Waals surface area contributed by atoms with Gasteiger partial charge in [0.05, 0.1) is 24.5 Å². The number of hydrogen-bond donors (Lipinski definition) is 2. The number of nitrogens with two attached hydrogens (primary N) is 1. The first kappa shape index (κ1) is 23.6. The van der Waals surface area contributed by atoms with Crippen molar-refractivity contribution in [3.05, 3.63) is 35.0 Å². The predicted molar refractivity (Wildman–Crippen MR) is 124 cm³/mol. The van der Waals surface area contributed by atoms with E-state index < -0.39 is 6.04 Å². The number of halogens is 1. The zero-order chi connectivity index (χ0) is 22.1. The minimum absolute atomic E-state index is 0.0843. The maximum atomic E-state index is 12.5. The average molecular weight is 464 g/mol. The van der Waals surface area contributed by atoms with Crippen LogP contribution < -0.4 is 11.1 Å². The molecular weight excluding hydrogens is 434 g/mol. The molecule has 9 heteroatoms. The Labute approximate surface area is 192 Å². The highest BCUT2D eigenvalue weighted by atomic mass is 35.5.